The molecule has 2 atom stereocenters. The molecule has 8 heteroatoms. The van der Waals surface area contributed by atoms with Gasteiger partial charge in [-0.25, -0.2) is 4.39 Å². The third-order valence-corrected chi connectivity index (χ3v) is 5.34. The first-order valence-corrected chi connectivity index (χ1v) is 10.1. The van der Waals surface area contributed by atoms with E-state index >= 15 is 0 Å². The lowest BCUT2D eigenvalue weighted by molar-refractivity contribution is -0.143. The number of thiocarbonyl (C=S) groups is 1. The number of benzene rings is 1. The van der Waals surface area contributed by atoms with Gasteiger partial charge in [-0.3, -0.25) is 9.78 Å². The SMILES string of the molecule is CCOC(=O)CN1C(=S)N[C@@H](c2ccccn2)[C@@H]1c1cccn1-c1ccc(F)cc1. The standard InChI is InChI=1S/C22H21FN4O2S/c1-2-29-19(28)14-27-21(20(25-22(27)30)17-6-3-4-12-24-17)18-7-5-13-26(18)16-10-8-15(23)9-11-16/h3-13,20-21H,2,14H2,1H3,(H,25,30)/t20-,21-/m0/s1. The van der Waals surface area contributed by atoms with Crippen molar-refractivity contribution in [3.8, 4) is 5.69 Å². The summed E-state index contributed by atoms with van der Waals surface area (Å²) in [4.78, 5) is 18.6. The molecule has 6 nitrogen and oxygen atoms in total. The van der Waals surface area contributed by atoms with Crippen LogP contribution in [-0.4, -0.2) is 38.7 Å². The van der Waals surface area contributed by atoms with E-state index in [0.717, 1.165) is 17.1 Å². The summed E-state index contributed by atoms with van der Waals surface area (Å²) >= 11 is 5.57. The molecule has 4 rings (SSSR count). The van der Waals surface area contributed by atoms with Crippen molar-refractivity contribution in [2.75, 3.05) is 13.2 Å². The van der Waals surface area contributed by atoms with E-state index in [4.69, 9.17) is 17.0 Å². The molecular weight excluding hydrogens is 403 g/mol. The maximum atomic E-state index is 13.4. The van der Waals surface area contributed by atoms with E-state index < -0.39 is 0 Å². The maximum absolute atomic E-state index is 13.4. The maximum Gasteiger partial charge on any atom is 0.325 e. The van der Waals surface area contributed by atoms with E-state index in [0.29, 0.717) is 11.7 Å². The van der Waals surface area contributed by atoms with E-state index in [-0.39, 0.29) is 30.4 Å². The van der Waals surface area contributed by atoms with E-state index in [1.807, 2.05) is 46.0 Å². The zero-order chi connectivity index (χ0) is 21.1. The number of ether oxygens (including phenoxy) is 1. The van der Waals surface area contributed by atoms with Gasteiger partial charge in [0.2, 0.25) is 0 Å². The highest BCUT2D eigenvalue weighted by molar-refractivity contribution is 7.80. The highest BCUT2D eigenvalue weighted by Gasteiger charge is 2.42. The van der Waals surface area contributed by atoms with Crippen LogP contribution in [0.4, 0.5) is 4.39 Å². The third-order valence-electron chi connectivity index (χ3n) is 4.99. The Balaban J connectivity index is 1.77. The molecule has 3 aromatic rings. The topological polar surface area (TPSA) is 59.4 Å². The lowest BCUT2D eigenvalue weighted by Gasteiger charge is -2.28. The molecule has 0 unspecified atom stereocenters. The molecule has 2 aromatic heterocycles. The summed E-state index contributed by atoms with van der Waals surface area (Å²) in [6.45, 7) is 2.09. The van der Waals surface area contributed by atoms with Gasteiger partial charge in [-0.15, -0.1) is 0 Å². The molecule has 154 valence electrons. The zero-order valence-corrected chi connectivity index (χ0v) is 17.2. The average molecular weight is 425 g/mol. The van der Waals surface area contributed by atoms with Crippen molar-refractivity contribution >= 4 is 23.3 Å². The Morgan fingerprint density at radius 1 is 1.20 bits per heavy atom. The van der Waals surface area contributed by atoms with Gasteiger partial charge in [-0.05, 0) is 67.7 Å². The fraction of sp³-hybridized carbons (Fsp3) is 0.227. The van der Waals surface area contributed by atoms with Crippen LogP contribution in [0.3, 0.4) is 0 Å². The van der Waals surface area contributed by atoms with Gasteiger partial charge in [-0.2, -0.15) is 0 Å². The van der Waals surface area contributed by atoms with Crippen LogP contribution >= 0.6 is 12.2 Å². The summed E-state index contributed by atoms with van der Waals surface area (Å²) in [5.74, 6) is -0.653. The number of nitrogens with one attached hydrogen (secondary N) is 1. The van der Waals surface area contributed by atoms with Crippen molar-refractivity contribution in [2.24, 2.45) is 0 Å². The highest BCUT2D eigenvalue weighted by Crippen LogP contribution is 2.39. The molecule has 0 saturated carbocycles. The van der Waals surface area contributed by atoms with Gasteiger partial charge in [0.1, 0.15) is 12.4 Å². The molecule has 1 saturated heterocycles. The van der Waals surface area contributed by atoms with Crippen LogP contribution in [-0.2, 0) is 9.53 Å². The number of hydrogen-bond acceptors (Lipinski definition) is 4. The number of carbonyl (C=O) groups is 1. The Morgan fingerprint density at radius 3 is 2.70 bits per heavy atom. The Labute approximate surface area is 179 Å². The van der Waals surface area contributed by atoms with Crippen LogP contribution < -0.4 is 5.32 Å². The summed E-state index contributed by atoms with van der Waals surface area (Å²) in [5.41, 5.74) is 2.52. The average Bonchev–Trinajstić information content (AvgIpc) is 3.34. The molecular formula is C22H21FN4O2S. The summed E-state index contributed by atoms with van der Waals surface area (Å²) in [7, 11) is 0. The number of halogens is 1. The second-order valence-electron chi connectivity index (χ2n) is 6.84. The number of nitrogens with zero attached hydrogens (tertiary/aromatic N) is 3. The molecule has 1 aliphatic rings. The smallest absolute Gasteiger partial charge is 0.325 e. The summed E-state index contributed by atoms with van der Waals surface area (Å²) in [6, 6.07) is 15.3. The van der Waals surface area contributed by atoms with Crippen LogP contribution in [0.2, 0.25) is 0 Å². The van der Waals surface area contributed by atoms with E-state index in [1.165, 1.54) is 12.1 Å². The number of hydrogen-bond donors (Lipinski definition) is 1. The minimum Gasteiger partial charge on any atom is -0.465 e. The molecule has 1 aliphatic heterocycles. The normalized spacial score (nSPS) is 18.3. The Bertz CT molecular complexity index is 1040. The fourth-order valence-corrected chi connectivity index (χ4v) is 4.02. The molecule has 0 spiro atoms. The van der Waals surface area contributed by atoms with E-state index in [9.17, 15) is 9.18 Å². The number of carbonyl (C=O) groups excluding carboxylic acids is 1. The van der Waals surface area contributed by atoms with Crippen molar-refractivity contribution in [1.82, 2.24) is 19.8 Å². The van der Waals surface area contributed by atoms with E-state index in [2.05, 4.69) is 10.3 Å². The lowest BCUT2D eigenvalue weighted by atomic mass is 10.0. The van der Waals surface area contributed by atoms with Crippen molar-refractivity contribution < 1.29 is 13.9 Å². The Morgan fingerprint density at radius 2 is 2.00 bits per heavy atom. The minimum atomic E-state index is -0.354. The second kappa shape index (κ2) is 8.62. The van der Waals surface area contributed by atoms with Crippen LogP contribution in [0.1, 0.15) is 30.4 Å². The molecule has 1 fully saturated rings. The predicted molar refractivity (Wildman–Crippen MR) is 115 cm³/mol. The molecule has 1 N–H and O–H groups in total. The first-order chi connectivity index (χ1) is 14.6. The van der Waals surface area contributed by atoms with Crippen molar-refractivity contribution in [3.63, 3.8) is 0 Å². The lowest BCUT2D eigenvalue weighted by Crippen LogP contribution is -2.36. The fourth-order valence-electron chi connectivity index (χ4n) is 3.72. The summed E-state index contributed by atoms with van der Waals surface area (Å²) in [6.07, 6.45) is 3.63. The molecule has 0 aliphatic carbocycles. The quantitative estimate of drug-likeness (QED) is 0.483. The van der Waals surface area contributed by atoms with Gasteiger partial charge in [0.15, 0.2) is 5.11 Å². The summed E-state index contributed by atoms with van der Waals surface area (Å²) in [5, 5.41) is 3.76. The second-order valence-corrected chi connectivity index (χ2v) is 7.23. The monoisotopic (exact) mass is 424 g/mol. The third kappa shape index (κ3) is 3.91. The first kappa shape index (κ1) is 20.0. The van der Waals surface area contributed by atoms with Crippen molar-refractivity contribution in [1.29, 1.82) is 0 Å². The van der Waals surface area contributed by atoms with Gasteiger partial charge in [0.05, 0.1) is 24.4 Å². The van der Waals surface area contributed by atoms with Gasteiger partial charge >= 0.3 is 5.97 Å². The highest BCUT2D eigenvalue weighted by atomic mass is 32.1. The Kier molecular flexibility index (Phi) is 5.76. The number of pyridine rings is 1. The molecule has 0 bridgehead atoms. The molecule has 0 radical (unpaired) electrons. The summed E-state index contributed by atoms with van der Waals surface area (Å²) < 4.78 is 20.6. The first-order valence-electron chi connectivity index (χ1n) is 9.65. The number of esters is 1. The van der Waals surface area contributed by atoms with Crippen LogP contribution in [0.15, 0.2) is 67.0 Å². The van der Waals surface area contributed by atoms with E-state index in [1.54, 1.807) is 25.3 Å². The van der Waals surface area contributed by atoms with Gasteiger partial charge in [0.25, 0.3) is 0 Å². The van der Waals surface area contributed by atoms with Crippen LogP contribution in [0, 0.1) is 5.82 Å². The van der Waals surface area contributed by atoms with Crippen LogP contribution in [0.25, 0.3) is 5.69 Å². The van der Waals surface area contributed by atoms with Gasteiger partial charge in [0, 0.05) is 23.8 Å². The van der Waals surface area contributed by atoms with Crippen LogP contribution in [0.5, 0.6) is 0 Å². The molecule has 1 aromatic carbocycles. The largest absolute Gasteiger partial charge is 0.465 e. The zero-order valence-electron chi connectivity index (χ0n) is 16.4. The minimum absolute atomic E-state index is 0.0161. The van der Waals surface area contributed by atoms with Gasteiger partial charge < -0.3 is 19.5 Å². The number of rotatable bonds is 6. The molecule has 3 heterocycles. The van der Waals surface area contributed by atoms with Crippen molar-refractivity contribution in [2.45, 2.75) is 19.0 Å². The molecule has 30 heavy (non-hydrogen) atoms. The molecule has 0 amide bonds. The Hall–Kier alpha value is -3.26. The van der Waals surface area contributed by atoms with Gasteiger partial charge in [-0.1, -0.05) is 6.07 Å². The van der Waals surface area contributed by atoms with Crippen molar-refractivity contribution in [3.05, 3.63) is 84.2 Å². The number of aromatic nitrogens is 2. The predicted octanol–water partition coefficient (Wildman–Crippen LogP) is 3.55.